The molecule has 29 heavy (non-hydrogen) atoms. The van der Waals surface area contributed by atoms with Crippen molar-refractivity contribution in [3.63, 3.8) is 0 Å². The number of amides is 2. The number of benzene rings is 2. The summed E-state index contributed by atoms with van der Waals surface area (Å²) in [6.07, 6.45) is 2.53. The molecule has 1 aliphatic rings. The molecule has 6 heteroatoms. The van der Waals surface area contributed by atoms with Crippen LogP contribution in [-0.2, 0) is 0 Å². The highest BCUT2D eigenvalue weighted by Gasteiger charge is 2.31. The Balaban J connectivity index is 1.66. The van der Waals surface area contributed by atoms with E-state index in [2.05, 4.69) is 6.92 Å². The summed E-state index contributed by atoms with van der Waals surface area (Å²) in [5, 5.41) is 10.5. The van der Waals surface area contributed by atoms with Gasteiger partial charge in [0.1, 0.15) is 0 Å². The van der Waals surface area contributed by atoms with E-state index in [-0.39, 0.29) is 12.6 Å². The number of carbonyl (C=O) groups is 1. The summed E-state index contributed by atoms with van der Waals surface area (Å²) in [5.74, 6) is 1.31. The first-order valence-electron chi connectivity index (χ1n) is 10.2. The molecule has 1 fully saturated rings. The van der Waals surface area contributed by atoms with Gasteiger partial charge in [-0.15, -0.1) is 0 Å². The molecule has 1 heterocycles. The van der Waals surface area contributed by atoms with Gasteiger partial charge in [-0.05, 0) is 24.1 Å². The number of β-amino-alcohol motifs (C(OH)–C–C–N with tert-alkyl or cyclic N) is 1. The van der Waals surface area contributed by atoms with Crippen LogP contribution in [0.15, 0.2) is 48.5 Å². The van der Waals surface area contributed by atoms with Crippen LogP contribution in [0.4, 0.5) is 10.5 Å². The van der Waals surface area contributed by atoms with E-state index in [0.717, 1.165) is 30.5 Å². The van der Waals surface area contributed by atoms with Crippen molar-refractivity contribution in [2.45, 2.75) is 32.3 Å². The number of unbranched alkanes of at least 4 members (excludes halogenated alkanes) is 2. The number of anilines is 1. The molecule has 1 aliphatic heterocycles. The van der Waals surface area contributed by atoms with Crippen LogP contribution in [-0.4, -0.2) is 49.4 Å². The van der Waals surface area contributed by atoms with Gasteiger partial charge in [-0.1, -0.05) is 50.1 Å². The first-order chi connectivity index (χ1) is 14.1. The van der Waals surface area contributed by atoms with Crippen molar-refractivity contribution >= 4 is 11.7 Å². The molecule has 0 bridgehead atoms. The minimum absolute atomic E-state index is 0.109. The third kappa shape index (κ3) is 5.21. The van der Waals surface area contributed by atoms with E-state index in [4.69, 9.17) is 9.47 Å². The maximum atomic E-state index is 12.9. The van der Waals surface area contributed by atoms with Crippen molar-refractivity contribution in [2.24, 2.45) is 0 Å². The first-order valence-corrected chi connectivity index (χ1v) is 10.2. The summed E-state index contributed by atoms with van der Waals surface area (Å²) < 4.78 is 11.3. The molecule has 0 unspecified atom stereocenters. The summed E-state index contributed by atoms with van der Waals surface area (Å²) in [6.45, 7) is 4.19. The fourth-order valence-electron chi connectivity index (χ4n) is 3.46. The summed E-state index contributed by atoms with van der Waals surface area (Å²) >= 11 is 0. The number of aliphatic hydroxyl groups excluding tert-OH is 1. The number of hydrogen-bond donors (Lipinski definition) is 1. The van der Waals surface area contributed by atoms with Gasteiger partial charge in [-0.25, -0.2) is 4.79 Å². The summed E-state index contributed by atoms with van der Waals surface area (Å²) in [7, 11) is 1.61. The van der Waals surface area contributed by atoms with Crippen LogP contribution in [0.1, 0.15) is 37.9 Å². The highest BCUT2D eigenvalue weighted by atomic mass is 16.5. The largest absolute Gasteiger partial charge is 0.493 e. The number of aliphatic hydroxyl groups is 1. The molecular weight excluding hydrogens is 368 g/mol. The number of methoxy groups -OCH3 is 1. The number of urea groups is 1. The average molecular weight is 399 g/mol. The van der Waals surface area contributed by atoms with E-state index in [0.29, 0.717) is 31.2 Å². The molecule has 0 saturated carbocycles. The lowest BCUT2D eigenvalue weighted by atomic mass is 10.1. The van der Waals surface area contributed by atoms with Crippen molar-refractivity contribution < 1.29 is 19.4 Å². The standard InChI is InChI=1S/C23H30N2O4/c1-3-4-8-15-29-22-16-19(11-12-21(22)28-2)25-14-13-24(23(25)27)17-20(26)18-9-6-5-7-10-18/h5-7,9-12,16,20,26H,3-4,8,13-15,17H2,1-2H3/t20-/m1/s1. The van der Waals surface area contributed by atoms with Crippen LogP contribution in [0.2, 0.25) is 0 Å². The lowest BCUT2D eigenvalue weighted by Gasteiger charge is -2.22. The molecule has 6 nitrogen and oxygen atoms in total. The maximum Gasteiger partial charge on any atom is 0.324 e. The van der Waals surface area contributed by atoms with Crippen molar-refractivity contribution in [3.05, 3.63) is 54.1 Å². The third-order valence-corrected chi connectivity index (χ3v) is 5.14. The van der Waals surface area contributed by atoms with Gasteiger partial charge in [0.05, 0.1) is 26.4 Å². The highest BCUT2D eigenvalue weighted by molar-refractivity contribution is 5.94. The van der Waals surface area contributed by atoms with E-state index < -0.39 is 6.10 Å². The zero-order valence-electron chi connectivity index (χ0n) is 17.2. The SMILES string of the molecule is CCCCCOc1cc(N2CCN(C[C@@H](O)c3ccccc3)C2=O)ccc1OC. The van der Waals surface area contributed by atoms with E-state index in [1.807, 2.05) is 48.5 Å². The zero-order chi connectivity index (χ0) is 20.6. The third-order valence-electron chi connectivity index (χ3n) is 5.14. The average Bonchev–Trinajstić information content (AvgIpc) is 3.11. The molecule has 0 radical (unpaired) electrons. The quantitative estimate of drug-likeness (QED) is 0.608. The van der Waals surface area contributed by atoms with E-state index in [1.54, 1.807) is 16.9 Å². The maximum absolute atomic E-state index is 12.9. The van der Waals surface area contributed by atoms with Gasteiger partial charge in [-0.3, -0.25) is 4.90 Å². The van der Waals surface area contributed by atoms with Gasteiger partial charge < -0.3 is 19.5 Å². The molecule has 1 atom stereocenters. The second-order valence-corrected chi connectivity index (χ2v) is 7.20. The van der Waals surface area contributed by atoms with Crippen LogP contribution < -0.4 is 14.4 Å². The molecule has 0 aliphatic carbocycles. The van der Waals surface area contributed by atoms with Crippen LogP contribution in [0.25, 0.3) is 0 Å². The molecule has 0 aromatic heterocycles. The van der Waals surface area contributed by atoms with Crippen molar-refractivity contribution in [2.75, 3.05) is 38.3 Å². The predicted molar refractivity (Wildman–Crippen MR) is 114 cm³/mol. The number of ether oxygens (including phenoxy) is 2. The lowest BCUT2D eigenvalue weighted by Crippen LogP contribution is -2.34. The number of hydrogen-bond acceptors (Lipinski definition) is 4. The van der Waals surface area contributed by atoms with Crippen molar-refractivity contribution in [1.29, 1.82) is 0 Å². The molecule has 2 amide bonds. The van der Waals surface area contributed by atoms with Gasteiger partial charge in [-0.2, -0.15) is 0 Å². The number of nitrogens with zero attached hydrogens (tertiary/aromatic N) is 2. The van der Waals surface area contributed by atoms with Gasteiger partial charge in [0, 0.05) is 24.8 Å². The topological polar surface area (TPSA) is 62.2 Å². The molecule has 2 aromatic carbocycles. The first kappa shape index (κ1) is 21.0. The molecule has 0 spiro atoms. The van der Waals surface area contributed by atoms with Crippen molar-refractivity contribution in [1.82, 2.24) is 4.90 Å². The minimum Gasteiger partial charge on any atom is -0.493 e. The Morgan fingerprint density at radius 3 is 2.59 bits per heavy atom. The van der Waals surface area contributed by atoms with Gasteiger partial charge in [0.25, 0.3) is 0 Å². The fourth-order valence-corrected chi connectivity index (χ4v) is 3.46. The van der Waals surface area contributed by atoms with Gasteiger partial charge in [0.2, 0.25) is 0 Å². The number of carbonyl (C=O) groups excluding carboxylic acids is 1. The fraction of sp³-hybridized carbons (Fsp3) is 0.435. The Morgan fingerprint density at radius 2 is 1.86 bits per heavy atom. The second kappa shape index (κ2) is 10.2. The monoisotopic (exact) mass is 398 g/mol. The molecule has 1 saturated heterocycles. The summed E-state index contributed by atoms with van der Waals surface area (Å²) in [4.78, 5) is 16.3. The van der Waals surface area contributed by atoms with Crippen LogP contribution in [0.3, 0.4) is 0 Å². The Kier molecular flexibility index (Phi) is 7.36. The van der Waals surface area contributed by atoms with E-state index in [9.17, 15) is 9.90 Å². The Hall–Kier alpha value is -2.73. The minimum atomic E-state index is -0.701. The van der Waals surface area contributed by atoms with Crippen LogP contribution >= 0.6 is 0 Å². The Morgan fingerprint density at radius 1 is 1.07 bits per heavy atom. The Labute approximate surface area is 172 Å². The lowest BCUT2D eigenvalue weighted by molar-refractivity contribution is 0.133. The summed E-state index contributed by atoms with van der Waals surface area (Å²) in [6, 6.07) is 14.9. The zero-order valence-corrected chi connectivity index (χ0v) is 17.2. The van der Waals surface area contributed by atoms with Gasteiger partial charge >= 0.3 is 6.03 Å². The van der Waals surface area contributed by atoms with Crippen molar-refractivity contribution in [3.8, 4) is 11.5 Å². The van der Waals surface area contributed by atoms with E-state index in [1.165, 1.54) is 0 Å². The number of rotatable bonds is 10. The van der Waals surface area contributed by atoms with Crippen LogP contribution in [0, 0.1) is 0 Å². The second-order valence-electron chi connectivity index (χ2n) is 7.20. The normalized spacial score (nSPS) is 14.9. The molecule has 3 rings (SSSR count). The highest BCUT2D eigenvalue weighted by Crippen LogP contribution is 2.33. The summed E-state index contributed by atoms with van der Waals surface area (Å²) in [5.41, 5.74) is 1.59. The Bertz CT molecular complexity index is 797. The molecule has 1 N–H and O–H groups in total. The molecule has 156 valence electrons. The smallest absolute Gasteiger partial charge is 0.324 e. The predicted octanol–water partition coefficient (Wildman–Crippen LogP) is 4.24. The van der Waals surface area contributed by atoms with E-state index >= 15 is 0 Å². The molecule has 2 aromatic rings. The van der Waals surface area contributed by atoms with Gasteiger partial charge in [0.15, 0.2) is 11.5 Å². The molecular formula is C23H30N2O4. The van der Waals surface area contributed by atoms with Crippen LogP contribution in [0.5, 0.6) is 11.5 Å².